The van der Waals surface area contributed by atoms with Crippen molar-refractivity contribution in [1.29, 1.82) is 0 Å². The fourth-order valence-electron chi connectivity index (χ4n) is 2.95. The van der Waals surface area contributed by atoms with Gasteiger partial charge < -0.3 is 10.1 Å². The lowest BCUT2D eigenvalue weighted by Gasteiger charge is -2.20. The second kappa shape index (κ2) is 7.54. The second-order valence-electron chi connectivity index (χ2n) is 5.65. The van der Waals surface area contributed by atoms with E-state index in [1.807, 2.05) is 0 Å². The molecule has 0 radical (unpaired) electrons. The zero-order valence-electron chi connectivity index (χ0n) is 12.3. The van der Waals surface area contributed by atoms with Crippen molar-refractivity contribution in [3.05, 3.63) is 29.8 Å². The van der Waals surface area contributed by atoms with Crippen LogP contribution in [0.4, 0.5) is 0 Å². The Morgan fingerprint density at radius 3 is 2.84 bits per heavy atom. The summed E-state index contributed by atoms with van der Waals surface area (Å²) in [6.07, 6.45) is 6.43. The molecule has 1 heterocycles. The Morgan fingerprint density at radius 2 is 2.11 bits per heavy atom. The third-order valence-electron chi connectivity index (χ3n) is 3.87. The fraction of sp³-hybridized carbons (Fsp3) is 0.647. The number of rotatable bonds is 8. The molecule has 0 saturated heterocycles. The quantitative estimate of drug-likeness (QED) is 0.719. The van der Waals surface area contributed by atoms with Gasteiger partial charge in [0.15, 0.2) is 0 Å². The summed E-state index contributed by atoms with van der Waals surface area (Å²) in [7, 11) is 0. The molecule has 0 aliphatic carbocycles. The Labute approximate surface area is 117 Å². The molecular formula is C17H27NO. The number of benzene rings is 1. The number of hydrogen-bond donors (Lipinski definition) is 1. The lowest BCUT2D eigenvalue weighted by molar-refractivity contribution is 0.187. The van der Waals surface area contributed by atoms with Gasteiger partial charge in [-0.05, 0) is 49.9 Å². The molecule has 0 saturated carbocycles. The van der Waals surface area contributed by atoms with Gasteiger partial charge in [-0.25, -0.2) is 0 Å². The van der Waals surface area contributed by atoms with Crippen LogP contribution < -0.4 is 10.1 Å². The van der Waals surface area contributed by atoms with Crippen LogP contribution in [0.1, 0.15) is 45.1 Å². The van der Waals surface area contributed by atoms with Gasteiger partial charge in [-0.1, -0.05) is 38.5 Å². The summed E-state index contributed by atoms with van der Waals surface area (Å²) in [6.45, 7) is 6.76. The predicted octanol–water partition coefficient (Wildman–Crippen LogP) is 3.80. The molecular weight excluding hydrogens is 234 g/mol. The first-order valence-corrected chi connectivity index (χ1v) is 7.78. The summed E-state index contributed by atoms with van der Waals surface area (Å²) >= 11 is 0. The molecule has 1 aliphatic heterocycles. The highest BCUT2D eigenvalue weighted by atomic mass is 16.5. The van der Waals surface area contributed by atoms with E-state index in [2.05, 4.69) is 43.4 Å². The predicted molar refractivity (Wildman–Crippen MR) is 80.7 cm³/mol. The van der Waals surface area contributed by atoms with Gasteiger partial charge in [0.25, 0.3) is 0 Å². The average Bonchev–Trinajstić information content (AvgIpc) is 2.81. The van der Waals surface area contributed by atoms with Crippen molar-refractivity contribution in [2.45, 2.75) is 52.1 Å². The van der Waals surface area contributed by atoms with Crippen LogP contribution >= 0.6 is 0 Å². The van der Waals surface area contributed by atoms with Crippen LogP contribution in [-0.4, -0.2) is 19.2 Å². The van der Waals surface area contributed by atoms with Crippen LogP contribution in [-0.2, 0) is 6.42 Å². The molecule has 1 aliphatic rings. The minimum atomic E-state index is 0.386. The molecule has 0 spiro atoms. The zero-order valence-corrected chi connectivity index (χ0v) is 12.3. The number of ether oxygens (including phenoxy) is 1. The summed E-state index contributed by atoms with van der Waals surface area (Å²) in [4.78, 5) is 0. The average molecular weight is 261 g/mol. The minimum Gasteiger partial charge on any atom is -0.490 e. The Morgan fingerprint density at radius 1 is 1.26 bits per heavy atom. The summed E-state index contributed by atoms with van der Waals surface area (Å²) in [5, 5.41) is 3.56. The first kappa shape index (κ1) is 14.4. The van der Waals surface area contributed by atoms with Crippen molar-refractivity contribution in [1.82, 2.24) is 5.32 Å². The second-order valence-corrected chi connectivity index (χ2v) is 5.65. The summed E-state index contributed by atoms with van der Waals surface area (Å²) in [5.41, 5.74) is 1.38. The lowest BCUT2D eigenvalue weighted by atomic mass is 9.94. The van der Waals surface area contributed by atoms with Gasteiger partial charge in [-0.3, -0.25) is 0 Å². The minimum absolute atomic E-state index is 0.386. The number of para-hydroxylation sites is 1. The van der Waals surface area contributed by atoms with Gasteiger partial charge in [-0.2, -0.15) is 0 Å². The zero-order chi connectivity index (χ0) is 13.5. The van der Waals surface area contributed by atoms with Crippen molar-refractivity contribution in [3.8, 4) is 5.75 Å². The smallest absolute Gasteiger partial charge is 0.123 e. The van der Waals surface area contributed by atoms with Crippen molar-refractivity contribution in [2.75, 3.05) is 13.1 Å². The highest BCUT2D eigenvalue weighted by Crippen LogP contribution is 2.31. The summed E-state index contributed by atoms with van der Waals surface area (Å²) in [6, 6.07) is 8.46. The van der Waals surface area contributed by atoms with E-state index in [1.54, 1.807) is 0 Å². The van der Waals surface area contributed by atoms with E-state index in [9.17, 15) is 0 Å². The van der Waals surface area contributed by atoms with E-state index in [4.69, 9.17) is 4.74 Å². The molecule has 19 heavy (non-hydrogen) atoms. The number of fused-ring (bicyclic) bond motifs is 1. The maximum atomic E-state index is 6.06. The first-order valence-electron chi connectivity index (χ1n) is 7.78. The Balaban J connectivity index is 1.82. The molecule has 1 aromatic rings. The fourth-order valence-corrected chi connectivity index (χ4v) is 2.95. The molecule has 2 rings (SSSR count). The van der Waals surface area contributed by atoms with Gasteiger partial charge in [0, 0.05) is 6.42 Å². The standard InChI is InChI=1S/C17H27NO/c1-3-7-14(13-18-10-4-2)11-16-12-15-8-5-6-9-17(15)19-16/h5-6,8-9,14,16,18H,3-4,7,10-13H2,1-2H3. The van der Waals surface area contributed by atoms with Crippen LogP contribution in [0, 0.1) is 5.92 Å². The number of hydrogen-bond acceptors (Lipinski definition) is 2. The summed E-state index contributed by atoms with van der Waals surface area (Å²) < 4.78 is 6.06. The molecule has 2 unspecified atom stereocenters. The van der Waals surface area contributed by atoms with E-state index in [1.165, 1.54) is 31.2 Å². The largest absolute Gasteiger partial charge is 0.490 e. The molecule has 0 bridgehead atoms. The van der Waals surface area contributed by atoms with E-state index in [0.717, 1.165) is 31.2 Å². The van der Waals surface area contributed by atoms with Crippen LogP contribution in [0.3, 0.4) is 0 Å². The molecule has 0 fully saturated rings. The maximum Gasteiger partial charge on any atom is 0.123 e. The molecule has 2 nitrogen and oxygen atoms in total. The van der Waals surface area contributed by atoms with E-state index in [-0.39, 0.29) is 0 Å². The normalized spacial score (nSPS) is 18.9. The van der Waals surface area contributed by atoms with E-state index in [0.29, 0.717) is 6.10 Å². The van der Waals surface area contributed by atoms with Crippen LogP contribution in [0.5, 0.6) is 5.75 Å². The van der Waals surface area contributed by atoms with Gasteiger partial charge in [-0.15, -0.1) is 0 Å². The monoisotopic (exact) mass is 261 g/mol. The van der Waals surface area contributed by atoms with Gasteiger partial charge in [0.1, 0.15) is 11.9 Å². The molecule has 106 valence electrons. The van der Waals surface area contributed by atoms with Crippen LogP contribution in [0.15, 0.2) is 24.3 Å². The Bertz CT molecular complexity index is 352. The lowest BCUT2D eigenvalue weighted by Crippen LogP contribution is -2.28. The molecule has 1 aromatic carbocycles. The Hall–Kier alpha value is -1.02. The topological polar surface area (TPSA) is 21.3 Å². The van der Waals surface area contributed by atoms with Crippen molar-refractivity contribution in [2.24, 2.45) is 5.92 Å². The highest BCUT2D eigenvalue weighted by molar-refractivity contribution is 5.37. The van der Waals surface area contributed by atoms with E-state index >= 15 is 0 Å². The third kappa shape index (κ3) is 4.24. The molecule has 0 aromatic heterocycles. The van der Waals surface area contributed by atoms with Gasteiger partial charge in [0.2, 0.25) is 0 Å². The summed E-state index contributed by atoms with van der Waals surface area (Å²) in [5.74, 6) is 1.85. The molecule has 2 heteroatoms. The first-order chi connectivity index (χ1) is 9.33. The third-order valence-corrected chi connectivity index (χ3v) is 3.87. The maximum absolute atomic E-state index is 6.06. The highest BCUT2D eigenvalue weighted by Gasteiger charge is 2.24. The van der Waals surface area contributed by atoms with Crippen LogP contribution in [0.2, 0.25) is 0 Å². The molecule has 0 amide bonds. The van der Waals surface area contributed by atoms with E-state index < -0.39 is 0 Å². The SMILES string of the molecule is CCCNCC(CCC)CC1Cc2ccccc2O1. The van der Waals surface area contributed by atoms with Gasteiger partial charge >= 0.3 is 0 Å². The molecule has 2 atom stereocenters. The molecule has 1 N–H and O–H groups in total. The van der Waals surface area contributed by atoms with Crippen LogP contribution in [0.25, 0.3) is 0 Å². The van der Waals surface area contributed by atoms with Crippen molar-refractivity contribution in [3.63, 3.8) is 0 Å². The van der Waals surface area contributed by atoms with Crippen molar-refractivity contribution < 1.29 is 4.74 Å². The van der Waals surface area contributed by atoms with Crippen molar-refractivity contribution >= 4 is 0 Å². The Kier molecular flexibility index (Phi) is 5.71. The van der Waals surface area contributed by atoms with Gasteiger partial charge in [0.05, 0.1) is 0 Å². The number of nitrogens with one attached hydrogen (secondary N) is 1.